The van der Waals surface area contributed by atoms with Crippen LogP contribution >= 0.6 is 0 Å². The van der Waals surface area contributed by atoms with Gasteiger partial charge in [0, 0.05) is 29.2 Å². The minimum atomic E-state index is -3.47. The molecule has 2 bridgehead atoms. The molecule has 0 N–H and O–H groups in total. The largest absolute Gasteiger partial charge is 0.361 e. The van der Waals surface area contributed by atoms with Crippen LogP contribution in [0.1, 0.15) is 37.1 Å². The van der Waals surface area contributed by atoms with Crippen molar-refractivity contribution in [3.8, 4) is 11.1 Å². The fourth-order valence-electron chi connectivity index (χ4n) is 5.51. The molecule has 2 aliphatic heterocycles. The second-order valence-corrected chi connectivity index (χ2v) is 10.9. The third kappa shape index (κ3) is 3.24. The fraction of sp³-hybridized carbons (Fsp3) is 0.478. The van der Waals surface area contributed by atoms with Gasteiger partial charge in [-0.3, -0.25) is 4.98 Å². The zero-order chi connectivity index (χ0) is 21.0. The van der Waals surface area contributed by atoms with Crippen LogP contribution in [0.3, 0.4) is 0 Å². The van der Waals surface area contributed by atoms with Crippen LogP contribution in [0.5, 0.6) is 0 Å². The van der Waals surface area contributed by atoms with Crippen molar-refractivity contribution in [3.05, 3.63) is 41.9 Å². The van der Waals surface area contributed by atoms with Gasteiger partial charge in [-0.05, 0) is 82.3 Å². The van der Waals surface area contributed by atoms with Crippen LogP contribution in [-0.4, -0.2) is 48.3 Å². The molecule has 7 heteroatoms. The first-order valence-electron chi connectivity index (χ1n) is 10.6. The molecule has 2 saturated heterocycles. The van der Waals surface area contributed by atoms with Gasteiger partial charge in [-0.25, -0.2) is 8.42 Å². The molecule has 0 spiro atoms. The van der Waals surface area contributed by atoms with E-state index in [-0.39, 0.29) is 11.7 Å². The van der Waals surface area contributed by atoms with Crippen molar-refractivity contribution in [2.45, 2.75) is 56.5 Å². The van der Waals surface area contributed by atoms with E-state index in [0.29, 0.717) is 33.6 Å². The summed E-state index contributed by atoms with van der Waals surface area (Å²) in [5, 5.41) is 4.72. The van der Waals surface area contributed by atoms with E-state index in [2.05, 4.69) is 22.1 Å². The Hall–Kier alpha value is -2.25. The Kier molecular flexibility index (Phi) is 4.71. The molecular weight excluding hydrogens is 398 g/mol. The normalized spacial score (nSPS) is 24.6. The monoisotopic (exact) mass is 425 g/mol. The molecule has 4 heterocycles. The number of aryl methyl sites for hydroxylation is 2. The lowest BCUT2D eigenvalue weighted by atomic mass is 9.93. The Morgan fingerprint density at radius 1 is 1.17 bits per heavy atom. The third-order valence-electron chi connectivity index (χ3n) is 6.99. The van der Waals surface area contributed by atoms with Crippen molar-refractivity contribution in [3.63, 3.8) is 0 Å². The topological polar surface area (TPSA) is 76.3 Å². The van der Waals surface area contributed by atoms with Gasteiger partial charge in [0.15, 0.2) is 9.84 Å². The molecule has 2 atom stereocenters. The van der Waals surface area contributed by atoms with Gasteiger partial charge in [0.25, 0.3) is 0 Å². The summed E-state index contributed by atoms with van der Waals surface area (Å²) in [6, 6.07) is 8.41. The van der Waals surface area contributed by atoms with Crippen molar-refractivity contribution in [1.82, 2.24) is 15.0 Å². The van der Waals surface area contributed by atoms with Crippen LogP contribution in [0.25, 0.3) is 22.0 Å². The SMILES string of the molecule is Cc1noc(C)c1-c1cc(S(=O)(=O)CC2CC3CCC(C2)N3C)c2cccnc2c1. The zero-order valence-corrected chi connectivity index (χ0v) is 18.4. The molecule has 3 aromatic rings. The van der Waals surface area contributed by atoms with Gasteiger partial charge >= 0.3 is 0 Å². The van der Waals surface area contributed by atoms with Crippen LogP contribution in [0.15, 0.2) is 39.9 Å². The minimum Gasteiger partial charge on any atom is -0.361 e. The van der Waals surface area contributed by atoms with E-state index in [1.165, 1.54) is 12.8 Å². The summed E-state index contributed by atoms with van der Waals surface area (Å²) in [4.78, 5) is 7.27. The smallest absolute Gasteiger partial charge is 0.179 e. The van der Waals surface area contributed by atoms with E-state index in [1.807, 2.05) is 26.0 Å². The molecule has 2 aliphatic rings. The van der Waals surface area contributed by atoms with Crippen molar-refractivity contribution in [1.29, 1.82) is 0 Å². The van der Waals surface area contributed by atoms with Gasteiger partial charge in [-0.15, -0.1) is 0 Å². The zero-order valence-electron chi connectivity index (χ0n) is 17.6. The van der Waals surface area contributed by atoms with Gasteiger partial charge < -0.3 is 9.42 Å². The third-order valence-corrected chi connectivity index (χ3v) is 8.91. The summed E-state index contributed by atoms with van der Waals surface area (Å²) in [6.45, 7) is 3.72. The number of hydrogen-bond acceptors (Lipinski definition) is 6. The van der Waals surface area contributed by atoms with Crippen molar-refractivity contribution in [2.24, 2.45) is 5.92 Å². The number of nitrogens with zero attached hydrogens (tertiary/aromatic N) is 3. The standard InChI is InChI=1S/C23H27N3O3S/c1-14-23(15(2)29-25-14)17-11-21-20(5-4-8-24-21)22(12-17)30(27,28)13-16-9-18-6-7-19(10-16)26(18)3/h4-5,8,11-12,16,18-19H,6-7,9-10,13H2,1-3H3. The first-order valence-corrected chi connectivity index (χ1v) is 12.3. The quantitative estimate of drug-likeness (QED) is 0.625. The van der Waals surface area contributed by atoms with Gasteiger partial charge in [0.2, 0.25) is 0 Å². The Bertz CT molecular complexity index is 1180. The van der Waals surface area contributed by atoms with Crippen molar-refractivity contribution >= 4 is 20.7 Å². The Balaban J connectivity index is 1.57. The molecule has 2 fully saturated rings. The highest BCUT2D eigenvalue weighted by molar-refractivity contribution is 7.91. The molecule has 0 radical (unpaired) electrons. The first-order chi connectivity index (χ1) is 14.3. The maximum atomic E-state index is 13.6. The molecule has 6 nitrogen and oxygen atoms in total. The molecule has 0 aliphatic carbocycles. The van der Waals surface area contributed by atoms with E-state index in [4.69, 9.17) is 4.52 Å². The summed E-state index contributed by atoms with van der Waals surface area (Å²) in [5.74, 6) is 1.08. The van der Waals surface area contributed by atoms with Gasteiger partial charge in [-0.1, -0.05) is 5.16 Å². The maximum absolute atomic E-state index is 13.6. The molecule has 0 saturated carbocycles. The number of rotatable bonds is 4. The maximum Gasteiger partial charge on any atom is 0.179 e. The number of pyridine rings is 1. The Morgan fingerprint density at radius 3 is 2.57 bits per heavy atom. The highest BCUT2D eigenvalue weighted by atomic mass is 32.2. The summed E-state index contributed by atoms with van der Waals surface area (Å²) >= 11 is 0. The van der Waals surface area contributed by atoms with E-state index in [1.54, 1.807) is 18.3 Å². The lowest BCUT2D eigenvalue weighted by molar-refractivity contribution is 0.143. The van der Waals surface area contributed by atoms with Crippen molar-refractivity contribution in [2.75, 3.05) is 12.8 Å². The summed E-state index contributed by atoms with van der Waals surface area (Å²) in [6.07, 6.45) is 6.00. The number of piperidine rings is 1. The fourth-order valence-corrected chi connectivity index (χ4v) is 7.39. The van der Waals surface area contributed by atoms with Crippen LogP contribution in [-0.2, 0) is 9.84 Å². The molecule has 158 valence electrons. The lowest BCUT2D eigenvalue weighted by Gasteiger charge is -2.36. The first kappa shape index (κ1) is 19.7. The minimum absolute atomic E-state index is 0.197. The average molecular weight is 426 g/mol. The summed E-state index contributed by atoms with van der Waals surface area (Å²) in [7, 11) is -1.29. The van der Waals surface area contributed by atoms with E-state index in [9.17, 15) is 8.42 Å². The summed E-state index contributed by atoms with van der Waals surface area (Å²) < 4.78 is 32.6. The predicted molar refractivity (Wildman–Crippen MR) is 116 cm³/mol. The van der Waals surface area contributed by atoms with Crippen LogP contribution in [0.2, 0.25) is 0 Å². The highest BCUT2D eigenvalue weighted by Crippen LogP contribution is 2.40. The van der Waals surface area contributed by atoms with Crippen molar-refractivity contribution < 1.29 is 12.9 Å². The van der Waals surface area contributed by atoms with Crippen LogP contribution < -0.4 is 0 Å². The van der Waals surface area contributed by atoms with Crippen LogP contribution in [0.4, 0.5) is 0 Å². The van der Waals surface area contributed by atoms with E-state index < -0.39 is 9.84 Å². The highest BCUT2D eigenvalue weighted by Gasteiger charge is 2.40. The molecule has 5 rings (SSSR count). The van der Waals surface area contributed by atoms with Crippen LogP contribution in [0, 0.1) is 19.8 Å². The van der Waals surface area contributed by atoms with Gasteiger partial charge in [0.1, 0.15) is 5.76 Å². The van der Waals surface area contributed by atoms with E-state index >= 15 is 0 Å². The number of aromatic nitrogens is 2. The predicted octanol–water partition coefficient (Wildman–Crippen LogP) is 4.15. The van der Waals surface area contributed by atoms with E-state index in [0.717, 1.165) is 29.7 Å². The lowest BCUT2D eigenvalue weighted by Crippen LogP contribution is -2.41. The Morgan fingerprint density at radius 2 is 1.90 bits per heavy atom. The molecule has 2 unspecified atom stereocenters. The molecule has 2 aromatic heterocycles. The average Bonchev–Trinajstić information content (AvgIpc) is 3.13. The second-order valence-electron chi connectivity index (χ2n) is 8.91. The molecular formula is C23H27N3O3S. The number of sulfone groups is 1. The molecule has 0 amide bonds. The Labute approximate surface area is 177 Å². The number of fused-ring (bicyclic) bond motifs is 3. The van der Waals surface area contributed by atoms with Gasteiger partial charge in [0.05, 0.1) is 21.9 Å². The second kappa shape index (κ2) is 7.17. The summed E-state index contributed by atoms with van der Waals surface area (Å²) in [5.41, 5.74) is 3.06. The number of benzene rings is 1. The molecule has 30 heavy (non-hydrogen) atoms. The van der Waals surface area contributed by atoms with Gasteiger partial charge in [-0.2, -0.15) is 0 Å². The number of hydrogen-bond donors (Lipinski definition) is 0. The molecule has 1 aromatic carbocycles.